The van der Waals surface area contributed by atoms with Gasteiger partial charge in [0.05, 0.1) is 11.8 Å². The van der Waals surface area contributed by atoms with Gasteiger partial charge in [0.15, 0.2) is 6.61 Å². The van der Waals surface area contributed by atoms with E-state index in [2.05, 4.69) is 51.3 Å². The number of fused-ring (bicyclic) bond motifs is 1. The third kappa shape index (κ3) is 6.00. The average molecular weight is 439 g/mol. The van der Waals surface area contributed by atoms with Crippen molar-refractivity contribution < 1.29 is 14.6 Å². The molecule has 172 valence electrons. The van der Waals surface area contributed by atoms with Crippen LogP contribution in [0.15, 0.2) is 48.5 Å². The van der Waals surface area contributed by atoms with E-state index in [-0.39, 0.29) is 19.1 Å². The minimum atomic E-state index is -0.609. The molecule has 32 heavy (non-hydrogen) atoms. The number of hydrogen-bond donors (Lipinski definition) is 2. The highest BCUT2D eigenvalue weighted by Crippen LogP contribution is 2.28. The maximum absolute atomic E-state index is 12.3. The van der Waals surface area contributed by atoms with Crippen LogP contribution in [0, 0.1) is 0 Å². The Morgan fingerprint density at radius 1 is 1.03 bits per heavy atom. The predicted octanol–water partition coefficient (Wildman–Crippen LogP) is 1.35. The zero-order chi connectivity index (χ0) is 22.3. The molecule has 7 nitrogen and oxygen atoms in total. The molecule has 1 amide bonds. The monoisotopic (exact) mass is 438 g/mol. The Kier molecular flexibility index (Phi) is 7.63. The first kappa shape index (κ1) is 22.6. The molecular formula is C25H34N4O3. The lowest BCUT2D eigenvalue weighted by Gasteiger charge is -2.34. The van der Waals surface area contributed by atoms with Gasteiger partial charge in [0.1, 0.15) is 5.75 Å². The number of hydrogen-bond acceptors (Lipinski definition) is 6. The number of rotatable bonds is 8. The first-order chi connectivity index (χ1) is 15.6. The Morgan fingerprint density at radius 3 is 2.56 bits per heavy atom. The first-order valence-electron chi connectivity index (χ1n) is 11.5. The highest BCUT2D eigenvalue weighted by Gasteiger charge is 2.20. The summed E-state index contributed by atoms with van der Waals surface area (Å²) in [5.74, 6) is 0.501. The second kappa shape index (κ2) is 10.8. The minimum Gasteiger partial charge on any atom is -0.482 e. The molecule has 2 aliphatic heterocycles. The topological polar surface area (TPSA) is 68.3 Å². The summed E-state index contributed by atoms with van der Waals surface area (Å²) in [5, 5.41) is 13.2. The predicted molar refractivity (Wildman–Crippen MR) is 126 cm³/mol. The molecule has 0 spiro atoms. The number of nitrogens with one attached hydrogen (secondary N) is 1. The summed E-state index contributed by atoms with van der Waals surface area (Å²) in [4.78, 5) is 19.2. The quantitative estimate of drug-likeness (QED) is 0.649. The van der Waals surface area contributed by atoms with Gasteiger partial charge in [0.2, 0.25) is 0 Å². The molecule has 0 radical (unpaired) electrons. The van der Waals surface area contributed by atoms with Gasteiger partial charge >= 0.3 is 0 Å². The van der Waals surface area contributed by atoms with Crippen molar-refractivity contribution in [2.45, 2.75) is 19.1 Å². The molecule has 1 fully saturated rings. The van der Waals surface area contributed by atoms with Crippen LogP contribution in [0.3, 0.4) is 0 Å². The van der Waals surface area contributed by atoms with Crippen LogP contribution in [0.2, 0.25) is 0 Å². The zero-order valence-corrected chi connectivity index (χ0v) is 18.9. The highest BCUT2D eigenvalue weighted by molar-refractivity contribution is 5.77. The van der Waals surface area contributed by atoms with Crippen molar-refractivity contribution in [3.63, 3.8) is 0 Å². The van der Waals surface area contributed by atoms with Crippen molar-refractivity contribution in [3.8, 4) is 5.75 Å². The normalized spacial score (nSPS) is 18.1. The summed E-state index contributed by atoms with van der Waals surface area (Å²) in [7, 11) is 2.13. The van der Waals surface area contributed by atoms with Crippen LogP contribution < -0.4 is 15.0 Å². The Morgan fingerprint density at radius 2 is 1.75 bits per heavy atom. The van der Waals surface area contributed by atoms with Crippen LogP contribution in [-0.2, 0) is 17.8 Å². The third-order valence-corrected chi connectivity index (χ3v) is 6.28. The van der Waals surface area contributed by atoms with Crippen LogP contribution in [0.4, 0.5) is 5.69 Å². The lowest BCUT2D eigenvalue weighted by molar-refractivity contribution is -0.123. The maximum Gasteiger partial charge on any atom is 0.258 e. The van der Waals surface area contributed by atoms with E-state index in [0.717, 1.165) is 57.1 Å². The number of carbonyl (C=O) groups is 1. The molecule has 2 aromatic rings. The number of amides is 1. The van der Waals surface area contributed by atoms with E-state index < -0.39 is 6.10 Å². The van der Waals surface area contributed by atoms with Gasteiger partial charge < -0.3 is 25.0 Å². The maximum atomic E-state index is 12.3. The SMILES string of the molecule is CN1CCN(c2ccccc2OCC(=O)NCC(O)CN2CCc3ccccc3C2)CC1. The second-order valence-corrected chi connectivity index (χ2v) is 8.76. The van der Waals surface area contributed by atoms with Crippen molar-refractivity contribution in [1.82, 2.24) is 15.1 Å². The third-order valence-electron chi connectivity index (χ3n) is 6.28. The largest absolute Gasteiger partial charge is 0.482 e. The van der Waals surface area contributed by atoms with E-state index in [1.165, 1.54) is 11.1 Å². The molecule has 2 aliphatic rings. The van der Waals surface area contributed by atoms with Crippen molar-refractivity contribution >= 4 is 11.6 Å². The second-order valence-electron chi connectivity index (χ2n) is 8.76. The zero-order valence-electron chi connectivity index (χ0n) is 18.9. The molecule has 2 aromatic carbocycles. The van der Waals surface area contributed by atoms with Crippen molar-refractivity contribution in [1.29, 1.82) is 0 Å². The van der Waals surface area contributed by atoms with Gasteiger partial charge in [0, 0.05) is 52.4 Å². The summed E-state index contributed by atoms with van der Waals surface area (Å²) in [6.07, 6.45) is 0.386. The van der Waals surface area contributed by atoms with Gasteiger partial charge in [-0.25, -0.2) is 0 Å². The summed E-state index contributed by atoms with van der Waals surface area (Å²) in [6.45, 7) is 6.37. The Labute approximate surface area is 190 Å². The van der Waals surface area contributed by atoms with E-state index in [1.807, 2.05) is 24.3 Å². The Bertz CT molecular complexity index is 898. The number of piperazine rings is 1. The number of likely N-dealkylation sites (N-methyl/N-ethyl adjacent to an activating group) is 1. The lowest BCUT2D eigenvalue weighted by atomic mass is 10.00. The molecule has 4 rings (SSSR count). The molecule has 0 bridgehead atoms. The number of carbonyl (C=O) groups excluding carboxylic acids is 1. The molecule has 2 heterocycles. The van der Waals surface area contributed by atoms with E-state index in [9.17, 15) is 9.90 Å². The molecule has 1 atom stereocenters. The smallest absolute Gasteiger partial charge is 0.258 e. The van der Waals surface area contributed by atoms with Gasteiger partial charge in [-0.3, -0.25) is 9.69 Å². The number of aliphatic hydroxyl groups excluding tert-OH is 1. The van der Waals surface area contributed by atoms with Gasteiger partial charge in [0.25, 0.3) is 5.91 Å². The lowest BCUT2D eigenvalue weighted by Crippen LogP contribution is -2.44. The van der Waals surface area contributed by atoms with Gasteiger partial charge in [-0.1, -0.05) is 36.4 Å². The molecule has 0 aliphatic carbocycles. The average Bonchev–Trinajstić information content (AvgIpc) is 2.82. The summed E-state index contributed by atoms with van der Waals surface area (Å²) in [5.41, 5.74) is 3.74. The van der Waals surface area contributed by atoms with E-state index >= 15 is 0 Å². The molecule has 0 aromatic heterocycles. The van der Waals surface area contributed by atoms with E-state index in [1.54, 1.807) is 0 Å². The van der Waals surface area contributed by atoms with Crippen LogP contribution in [0.5, 0.6) is 5.75 Å². The van der Waals surface area contributed by atoms with Gasteiger partial charge in [-0.2, -0.15) is 0 Å². The van der Waals surface area contributed by atoms with Crippen molar-refractivity contribution in [3.05, 3.63) is 59.7 Å². The summed E-state index contributed by atoms with van der Waals surface area (Å²) >= 11 is 0. The number of nitrogens with zero attached hydrogens (tertiary/aromatic N) is 3. The molecular weight excluding hydrogens is 404 g/mol. The van der Waals surface area contributed by atoms with E-state index in [0.29, 0.717) is 6.54 Å². The fraction of sp³-hybridized carbons (Fsp3) is 0.480. The summed E-state index contributed by atoms with van der Waals surface area (Å²) < 4.78 is 5.84. The number of anilines is 1. The fourth-order valence-corrected chi connectivity index (χ4v) is 4.39. The summed E-state index contributed by atoms with van der Waals surface area (Å²) in [6, 6.07) is 16.3. The molecule has 7 heteroatoms. The number of para-hydroxylation sites is 2. The van der Waals surface area contributed by atoms with Crippen LogP contribution in [-0.4, -0.2) is 86.4 Å². The van der Waals surface area contributed by atoms with Crippen molar-refractivity contribution in [2.75, 3.05) is 64.4 Å². The van der Waals surface area contributed by atoms with Crippen LogP contribution >= 0.6 is 0 Å². The number of aliphatic hydroxyl groups is 1. The molecule has 2 N–H and O–H groups in total. The Hall–Kier alpha value is -2.61. The van der Waals surface area contributed by atoms with Gasteiger partial charge in [-0.15, -0.1) is 0 Å². The molecule has 1 unspecified atom stereocenters. The fourth-order valence-electron chi connectivity index (χ4n) is 4.39. The first-order valence-corrected chi connectivity index (χ1v) is 11.5. The van der Waals surface area contributed by atoms with E-state index in [4.69, 9.17) is 4.74 Å². The van der Waals surface area contributed by atoms with Crippen LogP contribution in [0.1, 0.15) is 11.1 Å². The minimum absolute atomic E-state index is 0.0609. The number of ether oxygens (including phenoxy) is 1. The molecule has 0 saturated carbocycles. The van der Waals surface area contributed by atoms with Crippen molar-refractivity contribution in [2.24, 2.45) is 0 Å². The van der Waals surface area contributed by atoms with Gasteiger partial charge in [-0.05, 0) is 36.7 Å². The Balaban J connectivity index is 1.20. The van der Waals surface area contributed by atoms with Crippen LogP contribution in [0.25, 0.3) is 0 Å². The standard InChI is InChI=1S/C25H34N4O3/c1-27-12-14-29(15-13-27)23-8-4-5-9-24(23)32-19-25(31)26-16-22(30)18-28-11-10-20-6-2-3-7-21(20)17-28/h2-9,22,30H,10-19H2,1H3,(H,26,31). The number of β-amino-alcohol motifs (C(OH)–C–C–N with tert-alkyl or cyclic N) is 1. The highest BCUT2D eigenvalue weighted by atomic mass is 16.5. The molecule has 1 saturated heterocycles. The number of benzene rings is 2.